The molecule has 0 bridgehead atoms. The summed E-state index contributed by atoms with van der Waals surface area (Å²) >= 11 is 0. The van der Waals surface area contributed by atoms with Gasteiger partial charge in [-0.2, -0.15) is 0 Å². The average Bonchev–Trinajstić information content (AvgIpc) is 1.78. The Morgan fingerprint density at radius 3 is 2.40 bits per heavy atom. The molecule has 0 aliphatic carbocycles. The molecule has 58 valence electrons. The van der Waals surface area contributed by atoms with Crippen molar-refractivity contribution in [3.8, 4) is 11.8 Å². The molecule has 10 heavy (non-hydrogen) atoms. The number of rotatable bonds is 2. The van der Waals surface area contributed by atoms with Gasteiger partial charge in [0.05, 0.1) is 5.54 Å². The largest absolute Gasteiger partial charge is 0.316 e. The average molecular weight is 139 g/mol. The van der Waals surface area contributed by atoms with Gasteiger partial charge in [0.15, 0.2) is 0 Å². The highest BCUT2D eigenvalue weighted by Crippen LogP contribution is 1.95. The zero-order valence-corrected chi connectivity index (χ0v) is 7.20. The van der Waals surface area contributed by atoms with Gasteiger partial charge in [-0.15, -0.1) is 5.92 Å². The van der Waals surface area contributed by atoms with Gasteiger partial charge in [-0.05, 0) is 20.3 Å². The topological polar surface area (TPSA) is 26.0 Å². The fraction of sp³-hybridized carbons (Fsp3) is 0.778. The van der Waals surface area contributed by atoms with E-state index in [9.17, 15) is 0 Å². The summed E-state index contributed by atoms with van der Waals surface area (Å²) in [4.78, 5) is 0. The summed E-state index contributed by atoms with van der Waals surface area (Å²) < 4.78 is 0. The maximum absolute atomic E-state index is 5.64. The van der Waals surface area contributed by atoms with Crippen LogP contribution in [0, 0.1) is 11.8 Å². The molecule has 0 heterocycles. The second kappa shape index (κ2) is 4.35. The highest BCUT2D eigenvalue weighted by molar-refractivity contribution is 5.12. The molecule has 0 aliphatic heterocycles. The van der Waals surface area contributed by atoms with Crippen molar-refractivity contribution in [3.63, 3.8) is 0 Å². The Balaban J connectivity index is 3.50. The molecule has 2 N–H and O–H groups in total. The molecule has 0 amide bonds. The normalized spacial score (nSPS) is 10.4. The van der Waals surface area contributed by atoms with Gasteiger partial charge >= 0.3 is 0 Å². The van der Waals surface area contributed by atoms with E-state index in [0.717, 1.165) is 6.42 Å². The first kappa shape index (κ1) is 9.52. The van der Waals surface area contributed by atoms with E-state index < -0.39 is 0 Å². The van der Waals surface area contributed by atoms with E-state index in [4.69, 9.17) is 5.73 Å². The summed E-state index contributed by atoms with van der Waals surface area (Å²) in [6, 6.07) is 0. The quantitative estimate of drug-likeness (QED) is 0.459. The van der Waals surface area contributed by atoms with Crippen molar-refractivity contribution in [2.45, 2.75) is 45.6 Å². The second-order valence-electron chi connectivity index (χ2n) is 3.13. The minimum absolute atomic E-state index is 0.312. The highest BCUT2D eigenvalue weighted by atomic mass is 14.7. The molecule has 1 heteroatoms. The molecular weight excluding hydrogens is 122 g/mol. The Bertz CT molecular complexity index is 131. The van der Waals surface area contributed by atoms with Crippen LogP contribution in [0.25, 0.3) is 0 Å². The van der Waals surface area contributed by atoms with E-state index in [1.54, 1.807) is 0 Å². The lowest BCUT2D eigenvalue weighted by molar-refractivity contribution is 0.678. The number of hydrogen-bond acceptors (Lipinski definition) is 1. The van der Waals surface area contributed by atoms with E-state index in [-0.39, 0.29) is 5.54 Å². The maximum Gasteiger partial charge on any atom is 0.0719 e. The molecule has 0 saturated heterocycles. The molecule has 0 saturated carbocycles. The van der Waals surface area contributed by atoms with Crippen LogP contribution in [0.15, 0.2) is 0 Å². The van der Waals surface area contributed by atoms with Crippen LogP contribution < -0.4 is 5.73 Å². The van der Waals surface area contributed by atoms with E-state index in [1.165, 1.54) is 12.8 Å². The Kier molecular flexibility index (Phi) is 4.14. The van der Waals surface area contributed by atoms with Gasteiger partial charge in [0, 0.05) is 6.42 Å². The van der Waals surface area contributed by atoms with Crippen LogP contribution in [-0.4, -0.2) is 5.54 Å². The van der Waals surface area contributed by atoms with Gasteiger partial charge in [-0.25, -0.2) is 0 Å². The minimum atomic E-state index is -0.312. The fourth-order valence-electron chi connectivity index (χ4n) is 0.555. The summed E-state index contributed by atoms with van der Waals surface area (Å²) in [5.74, 6) is 6.04. The van der Waals surface area contributed by atoms with Gasteiger partial charge in [-0.1, -0.05) is 19.3 Å². The number of nitrogens with two attached hydrogens (primary N) is 1. The van der Waals surface area contributed by atoms with Crippen LogP contribution >= 0.6 is 0 Å². The summed E-state index contributed by atoms with van der Waals surface area (Å²) in [6.45, 7) is 6.01. The first-order chi connectivity index (χ1) is 4.56. The monoisotopic (exact) mass is 139 g/mol. The van der Waals surface area contributed by atoms with Crippen LogP contribution in [0.4, 0.5) is 0 Å². The SMILES string of the molecule is CCCCC#CC(C)(C)N. The molecule has 0 radical (unpaired) electrons. The molecule has 0 aromatic rings. The Morgan fingerprint density at radius 2 is 2.00 bits per heavy atom. The fourth-order valence-corrected chi connectivity index (χ4v) is 0.555. The Morgan fingerprint density at radius 1 is 1.40 bits per heavy atom. The Labute approximate surface area is 64.0 Å². The first-order valence-corrected chi connectivity index (χ1v) is 3.85. The first-order valence-electron chi connectivity index (χ1n) is 3.85. The highest BCUT2D eigenvalue weighted by Gasteiger charge is 2.02. The summed E-state index contributed by atoms with van der Waals surface area (Å²) in [5, 5.41) is 0. The lowest BCUT2D eigenvalue weighted by Gasteiger charge is -2.07. The summed E-state index contributed by atoms with van der Waals surface area (Å²) in [5.41, 5.74) is 5.33. The van der Waals surface area contributed by atoms with E-state index in [1.807, 2.05) is 13.8 Å². The molecule has 0 fully saturated rings. The van der Waals surface area contributed by atoms with Crippen LogP contribution in [0.3, 0.4) is 0 Å². The molecule has 0 aliphatic rings. The standard InChI is InChI=1S/C9H17N/c1-4-5-6-7-8-9(2,3)10/h4-6,10H2,1-3H3. The lowest BCUT2D eigenvalue weighted by Crippen LogP contribution is -2.29. The van der Waals surface area contributed by atoms with Gasteiger partial charge in [-0.3, -0.25) is 0 Å². The summed E-state index contributed by atoms with van der Waals surface area (Å²) in [6.07, 6.45) is 3.37. The number of hydrogen-bond donors (Lipinski definition) is 1. The van der Waals surface area contributed by atoms with Gasteiger partial charge < -0.3 is 5.73 Å². The molecule has 0 aromatic carbocycles. The van der Waals surface area contributed by atoms with E-state index >= 15 is 0 Å². The van der Waals surface area contributed by atoms with Crippen molar-refractivity contribution in [2.24, 2.45) is 5.73 Å². The zero-order valence-electron chi connectivity index (χ0n) is 7.20. The van der Waals surface area contributed by atoms with Crippen molar-refractivity contribution in [1.82, 2.24) is 0 Å². The molecule has 0 rings (SSSR count). The number of unbranched alkanes of at least 4 members (excludes halogenated alkanes) is 2. The van der Waals surface area contributed by atoms with Crippen molar-refractivity contribution < 1.29 is 0 Å². The third-order valence-electron chi connectivity index (χ3n) is 1.07. The third kappa shape index (κ3) is 7.52. The van der Waals surface area contributed by atoms with Crippen LogP contribution in [0.5, 0.6) is 0 Å². The zero-order chi connectivity index (χ0) is 8.04. The molecule has 0 atom stereocenters. The van der Waals surface area contributed by atoms with E-state index in [2.05, 4.69) is 18.8 Å². The predicted octanol–water partition coefficient (Wildman–Crippen LogP) is 1.92. The second-order valence-corrected chi connectivity index (χ2v) is 3.13. The third-order valence-corrected chi connectivity index (χ3v) is 1.07. The van der Waals surface area contributed by atoms with Crippen LogP contribution in [0.2, 0.25) is 0 Å². The molecule has 0 aromatic heterocycles. The smallest absolute Gasteiger partial charge is 0.0719 e. The van der Waals surface area contributed by atoms with Crippen molar-refractivity contribution in [1.29, 1.82) is 0 Å². The van der Waals surface area contributed by atoms with Crippen molar-refractivity contribution >= 4 is 0 Å². The van der Waals surface area contributed by atoms with Gasteiger partial charge in [0.1, 0.15) is 0 Å². The molecule has 1 nitrogen and oxygen atoms in total. The van der Waals surface area contributed by atoms with Crippen molar-refractivity contribution in [2.75, 3.05) is 0 Å². The van der Waals surface area contributed by atoms with Gasteiger partial charge in [0.2, 0.25) is 0 Å². The van der Waals surface area contributed by atoms with Gasteiger partial charge in [0.25, 0.3) is 0 Å². The predicted molar refractivity (Wildman–Crippen MR) is 45.6 cm³/mol. The Hall–Kier alpha value is -0.480. The lowest BCUT2D eigenvalue weighted by atomic mass is 10.1. The van der Waals surface area contributed by atoms with Crippen LogP contribution in [-0.2, 0) is 0 Å². The van der Waals surface area contributed by atoms with E-state index in [0.29, 0.717) is 0 Å². The summed E-state index contributed by atoms with van der Waals surface area (Å²) in [7, 11) is 0. The molecular formula is C9H17N. The van der Waals surface area contributed by atoms with Crippen LogP contribution in [0.1, 0.15) is 40.0 Å². The maximum atomic E-state index is 5.64. The van der Waals surface area contributed by atoms with Crippen molar-refractivity contribution in [3.05, 3.63) is 0 Å². The minimum Gasteiger partial charge on any atom is -0.316 e. The molecule has 0 unspecified atom stereocenters. The molecule has 0 spiro atoms.